The maximum absolute atomic E-state index is 14.8. The Kier molecular flexibility index (Phi) is 11.2. The fraction of sp³-hybridized carbons (Fsp3) is 0.206. The Hall–Kier alpha value is -7.09. The molecule has 1 aliphatic heterocycles. The van der Waals surface area contributed by atoms with Crippen molar-refractivity contribution in [3.63, 3.8) is 0 Å². The number of carbonyl (C=O) groups is 4. The molecule has 0 bridgehead atoms. The largest absolute Gasteiger partial charge is 0.490 e. The lowest BCUT2D eigenvalue weighted by Gasteiger charge is -2.27. The third-order valence-corrected chi connectivity index (χ3v) is 7.88. The lowest BCUT2D eigenvalue weighted by Crippen LogP contribution is -2.44. The van der Waals surface area contributed by atoms with Crippen molar-refractivity contribution in [2.24, 2.45) is 0 Å². The van der Waals surface area contributed by atoms with Gasteiger partial charge >= 0.3 is 11.9 Å². The van der Waals surface area contributed by atoms with Gasteiger partial charge in [-0.25, -0.2) is 23.4 Å². The lowest BCUT2D eigenvalue weighted by atomic mass is 10.1. The highest BCUT2D eigenvalue weighted by molar-refractivity contribution is 6.07. The number of hydrogen-bond acceptors (Lipinski definition) is 13. The second kappa shape index (κ2) is 16.5. The number of amides is 2. The van der Waals surface area contributed by atoms with Crippen LogP contribution in [0.3, 0.4) is 0 Å². The molecule has 3 aromatic heterocycles. The van der Waals surface area contributed by atoms with Crippen LogP contribution < -0.4 is 30.3 Å². The fourth-order valence-corrected chi connectivity index (χ4v) is 5.17. The third kappa shape index (κ3) is 8.67. The van der Waals surface area contributed by atoms with E-state index in [-0.39, 0.29) is 42.4 Å². The summed E-state index contributed by atoms with van der Waals surface area (Å²) >= 11 is 0. The molecule has 4 heterocycles. The summed E-state index contributed by atoms with van der Waals surface area (Å²) in [6.45, 7) is 2.56. The van der Waals surface area contributed by atoms with Gasteiger partial charge < -0.3 is 40.5 Å². The minimum absolute atomic E-state index is 0.0392. The molecule has 20 heteroatoms. The first-order valence-electron chi connectivity index (χ1n) is 16.2. The van der Waals surface area contributed by atoms with Gasteiger partial charge in [0.2, 0.25) is 0 Å². The van der Waals surface area contributed by atoms with Crippen molar-refractivity contribution in [2.45, 2.75) is 6.42 Å². The zero-order valence-electron chi connectivity index (χ0n) is 28.0. The second-order valence-corrected chi connectivity index (χ2v) is 11.5. The Balaban J connectivity index is 1.06. The molecule has 278 valence electrons. The van der Waals surface area contributed by atoms with Gasteiger partial charge in [0.15, 0.2) is 46.2 Å². The predicted molar refractivity (Wildman–Crippen MR) is 185 cm³/mol. The summed E-state index contributed by atoms with van der Waals surface area (Å²) in [5.74, 6) is -6.53. The van der Waals surface area contributed by atoms with Crippen LogP contribution in [0.1, 0.15) is 48.1 Å². The molecule has 1 aliphatic rings. The molecule has 5 aromatic rings. The number of rotatable bonds is 14. The first kappa shape index (κ1) is 36.7. The van der Waals surface area contributed by atoms with Gasteiger partial charge in [0.05, 0.1) is 35.7 Å². The van der Waals surface area contributed by atoms with Crippen LogP contribution in [0.25, 0.3) is 5.82 Å². The number of aromatic nitrogens is 6. The number of nitrogens with zero attached hydrogens (tertiary/aromatic N) is 7. The number of ether oxygens (including phenoxy) is 2. The molecule has 18 nitrogen and oxygen atoms in total. The van der Waals surface area contributed by atoms with Gasteiger partial charge in [-0.3, -0.25) is 14.2 Å². The van der Waals surface area contributed by atoms with Gasteiger partial charge in [-0.2, -0.15) is 0 Å². The highest BCUT2D eigenvalue weighted by Gasteiger charge is 2.22. The van der Waals surface area contributed by atoms with E-state index in [4.69, 9.17) is 9.47 Å². The predicted octanol–water partition coefficient (Wildman–Crippen LogP) is 2.89. The Morgan fingerprint density at radius 3 is 1.70 bits per heavy atom. The molecule has 6 rings (SSSR count). The van der Waals surface area contributed by atoms with Crippen molar-refractivity contribution < 1.29 is 47.6 Å². The zero-order valence-corrected chi connectivity index (χ0v) is 28.0. The molecule has 0 atom stereocenters. The summed E-state index contributed by atoms with van der Waals surface area (Å²) in [4.78, 5) is 55.3. The third-order valence-electron chi connectivity index (χ3n) is 7.88. The Bertz CT molecular complexity index is 2170. The zero-order chi connectivity index (χ0) is 38.2. The number of carbonyl (C=O) groups excluding carboxylic acids is 2. The van der Waals surface area contributed by atoms with Crippen LogP contribution in [-0.4, -0.2) is 103 Å². The molecule has 0 unspecified atom stereocenters. The number of carboxylic acid groups (broad SMARTS) is 2. The van der Waals surface area contributed by atoms with E-state index >= 15 is 0 Å². The van der Waals surface area contributed by atoms with E-state index in [0.717, 1.165) is 25.2 Å². The fourth-order valence-electron chi connectivity index (χ4n) is 5.17. The van der Waals surface area contributed by atoms with Gasteiger partial charge in [-0.1, -0.05) is 0 Å². The van der Waals surface area contributed by atoms with E-state index in [1.54, 1.807) is 16.8 Å². The van der Waals surface area contributed by atoms with Gasteiger partial charge in [0.1, 0.15) is 6.33 Å². The van der Waals surface area contributed by atoms with Gasteiger partial charge in [-0.15, -0.1) is 20.4 Å². The van der Waals surface area contributed by atoms with E-state index in [9.17, 15) is 38.2 Å². The monoisotopic (exact) mass is 744 g/mol. The van der Waals surface area contributed by atoms with Crippen molar-refractivity contribution >= 4 is 40.9 Å². The number of piperazine rings is 1. The van der Waals surface area contributed by atoms with Crippen molar-refractivity contribution in [1.82, 2.24) is 35.3 Å². The van der Waals surface area contributed by atoms with Crippen LogP contribution in [0.15, 0.2) is 67.3 Å². The summed E-state index contributed by atoms with van der Waals surface area (Å²) in [5.41, 5.74) is -1.89. The first-order valence-corrected chi connectivity index (χ1v) is 16.2. The number of anilines is 3. The van der Waals surface area contributed by atoms with Crippen LogP contribution in [0.2, 0.25) is 0 Å². The number of aromatic carboxylic acids is 2. The maximum Gasteiger partial charge on any atom is 0.337 e. The van der Waals surface area contributed by atoms with Crippen molar-refractivity contribution in [3.8, 4) is 17.3 Å². The molecule has 2 aromatic carbocycles. The molecule has 1 fully saturated rings. The maximum atomic E-state index is 14.8. The number of hydrogen-bond donors (Lipinski definition) is 5. The average Bonchev–Trinajstić information content (AvgIpc) is 3.72. The molecule has 0 spiro atoms. The normalized spacial score (nSPS) is 12.5. The van der Waals surface area contributed by atoms with Crippen molar-refractivity contribution in [1.29, 1.82) is 0 Å². The topological polar surface area (TPSA) is 236 Å². The van der Waals surface area contributed by atoms with Crippen LogP contribution in [0.5, 0.6) is 11.5 Å². The van der Waals surface area contributed by atoms with Crippen molar-refractivity contribution in [3.05, 3.63) is 101 Å². The van der Waals surface area contributed by atoms with Crippen LogP contribution in [0, 0.1) is 11.6 Å². The Morgan fingerprint density at radius 1 is 0.741 bits per heavy atom. The summed E-state index contributed by atoms with van der Waals surface area (Å²) in [5, 5.41) is 43.1. The first-order chi connectivity index (χ1) is 26.1. The molecule has 0 aliphatic carbocycles. The number of carboxylic acids is 2. The van der Waals surface area contributed by atoms with E-state index in [1.807, 2.05) is 4.90 Å². The quantitative estimate of drug-likeness (QED) is 0.103. The van der Waals surface area contributed by atoms with Crippen LogP contribution >= 0.6 is 0 Å². The summed E-state index contributed by atoms with van der Waals surface area (Å²) in [7, 11) is 0. The molecular weight excluding hydrogens is 714 g/mol. The van der Waals surface area contributed by atoms with Crippen LogP contribution in [-0.2, 0) is 0 Å². The summed E-state index contributed by atoms with van der Waals surface area (Å²) < 4.78 is 42.2. The highest BCUT2D eigenvalue weighted by atomic mass is 19.1. The van der Waals surface area contributed by atoms with Crippen LogP contribution in [0.4, 0.5) is 26.0 Å². The van der Waals surface area contributed by atoms with E-state index in [0.29, 0.717) is 36.9 Å². The number of benzene rings is 2. The van der Waals surface area contributed by atoms with E-state index < -0.39 is 58.0 Å². The minimum atomic E-state index is -1.52. The van der Waals surface area contributed by atoms with Gasteiger partial charge in [-0.05, 0) is 36.4 Å². The van der Waals surface area contributed by atoms with E-state index in [1.165, 1.54) is 30.7 Å². The molecular formula is C34H30F2N10O8. The van der Waals surface area contributed by atoms with Gasteiger partial charge in [0.25, 0.3) is 11.8 Å². The number of halogens is 2. The number of nitrogens with one attached hydrogen (secondary N) is 3. The molecule has 2 amide bonds. The Morgan fingerprint density at radius 2 is 1.26 bits per heavy atom. The smallest absolute Gasteiger partial charge is 0.337 e. The molecule has 0 saturated carbocycles. The molecule has 0 radical (unpaired) electrons. The summed E-state index contributed by atoms with van der Waals surface area (Å²) in [6, 6.07) is 9.28. The second-order valence-electron chi connectivity index (χ2n) is 11.5. The molecule has 5 N–H and O–H groups in total. The summed E-state index contributed by atoms with van der Waals surface area (Å²) in [6.07, 6.45) is 4.67. The van der Waals surface area contributed by atoms with Crippen molar-refractivity contribution in [2.75, 3.05) is 54.9 Å². The molecule has 54 heavy (non-hydrogen) atoms. The SMILES string of the molecule is O=C(Nc1cc(OCCCOc2cc(NC(=O)c3ccc(-n4ccnc4)nn3)c(C(=O)O)cc2F)c(F)cc1C(=O)O)c1ccc(N2CCNCC2)nn1. The van der Waals surface area contributed by atoms with Gasteiger partial charge in [0, 0.05) is 57.1 Å². The Labute approximate surface area is 303 Å². The van der Waals surface area contributed by atoms with E-state index in [2.05, 4.69) is 41.3 Å². The lowest BCUT2D eigenvalue weighted by molar-refractivity contribution is 0.0686. The minimum Gasteiger partial charge on any atom is -0.490 e. The highest BCUT2D eigenvalue weighted by Crippen LogP contribution is 2.29. The molecule has 1 saturated heterocycles. The standard InChI is InChI=1S/C34H30F2N10O8/c35-21-14-19(33(49)50)25(39-31(47)23-2-4-29(43-41-23)45-9-6-37-7-10-45)16-27(21)53-12-1-13-54-28-17-26(20(34(51)52)15-22(28)36)40-32(48)24-3-5-30(44-42-24)46-11-8-38-18-46/h2-5,8,11,14-18,37H,1,6-7,9-10,12-13H2,(H,39,47)(H,40,48)(H,49,50)(H,51,52). The average molecular weight is 745 g/mol. The number of imidazole rings is 1.